The summed E-state index contributed by atoms with van der Waals surface area (Å²) in [6.45, 7) is 3.97. The van der Waals surface area contributed by atoms with Crippen LogP contribution in [0.3, 0.4) is 0 Å². The summed E-state index contributed by atoms with van der Waals surface area (Å²) in [4.78, 5) is 27.5. The van der Waals surface area contributed by atoms with Gasteiger partial charge >= 0.3 is 12.0 Å². The number of hydrogen-bond donors (Lipinski definition) is 2. The number of carbonyl (C=O) groups excluding carboxylic acids is 1. The molecule has 3 fully saturated rings. The lowest BCUT2D eigenvalue weighted by molar-refractivity contribution is -0.150. The van der Waals surface area contributed by atoms with Crippen LogP contribution in [-0.4, -0.2) is 64.3 Å². The van der Waals surface area contributed by atoms with Crippen LogP contribution in [0.1, 0.15) is 32.6 Å². The molecule has 2 N–H and O–H groups in total. The minimum Gasteiger partial charge on any atom is -0.481 e. The molecule has 2 amide bonds. The number of likely N-dealkylation sites (tertiary alicyclic amines) is 2. The number of aliphatic hydroxyl groups is 1. The maximum Gasteiger partial charge on any atom is 0.320 e. The molecule has 0 spiro atoms. The minimum absolute atomic E-state index is 0.0521. The molecule has 3 rings (SSSR count). The highest BCUT2D eigenvalue weighted by molar-refractivity contribution is 5.78. The number of fused-ring (bicyclic) bond motifs is 1. The Balaban J connectivity index is 1.65. The smallest absolute Gasteiger partial charge is 0.320 e. The molecule has 1 saturated carbocycles. The third kappa shape index (κ3) is 2.50. The fraction of sp³-hybridized carbons (Fsp3) is 0.867. The molecule has 21 heavy (non-hydrogen) atoms. The molecule has 0 bridgehead atoms. The first-order chi connectivity index (χ1) is 9.90. The van der Waals surface area contributed by atoms with E-state index in [4.69, 9.17) is 0 Å². The van der Waals surface area contributed by atoms with Crippen molar-refractivity contribution in [2.24, 2.45) is 17.3 Å². The Morgan fingerprint density at radius 2 is 1.95 bits per heavy atom. The van der Waals surface area contributed by atoms with E-state index in [9.17, 15) is 19.8 Å². The lowest BCUT2D eigenvalue weighted by Gasteiger charge is -2.39. The normalized spacial score (nSPS) is 39.4. The summed E-state index contributed by atoms with van der Waals surface area (Å²) < 4.78 is 0. The zero-order valence-electron chi connectivity index (χ0n) is 12.5. The van der Waals surface area contributed by atoms with Crippen LogP contribution >= 0.6 is 0 Å². The van der Waals surface area contributed by atoms with Gasteiger partial charge in [-0.3, -0.25) is 4.79 Å². The highest BCUT2D eigenvalue weighted by Crippen LogP contribution is 2.39. The molecule has 0 radical (unpaired) electrons. The van der Waals surface area contributed by atoms with E-state index in [0.29, 0.717) is 32.0 Å². The fourth-order valence-corrected chi connectivity index (χ4v) is 4.17. The van der Waals surface area contributed by atoms with Gasteiger partial charge in [0, 0.05) is 32.1 Å². The molecule has 2 heterocycles. The number of carbonyl (C=O) groups is 2. The maximum absolute atomic E-state index is 12.6. The van der Waals surface area contributed by atoms with E-state index in [2.05, 4.69) is 0 Å². The molecule has 0 aromatic carbocycles. The largest absolute Gasteiger partial charge is 0.481 e. The molecule has 4 unspecified atom stereocenters. The molecule has 0 aromatic heterocycles. The van der Waals surface area contributed by atoms with Gasteiger partial charge in [-0.15, -0.1) is 0 Å². The monoisotopic (exact) mass is 296 g/mol. The molecular formula is C15H24N2O4. The van der Waals surface area contributed by atoms with Gasteiger partial charge in [0.25, 0.3) is 0 Å². The number of piperidine rings is 1. The van der Waals surface area contributed by atoms with Crippen molar-refractivity contribution in [3.63, 3.8) is 0 Å². The number of hydrogen-bond acceptors (Lipinski definition) is 3. The predicted octanol–water partition coefficient (Wildman–Crippen LogP) is 0.996. The SMILES string of the molecule is CC1(C(=O)O)CCCN(C(=O)N2CC3CCC(O)C3C2)C1. The lowest BCUT2D eigenvalue weighted by atomic mass is 9.82. The average Bonchev–Trinajstić information content (AvgIpc) is 3.00. The zero-order chi connectivity index (χ0) is 15.2. The number of nitrogens with zero attached hydrogens (tertiary/aromatic N) is 2. The Morgan fingerprint density at radius 3 is 2.62 bits per heavy atom. The summed E-state index contributed by atoms with van der Waals surface area (Å²) in [6, 6.07) is -0.0521. The van der Waals surface area contributed by atoms with Crippen LogP contribution in [0.25, 0.3) is 0 Å². The van der Waals surface area contributed by atoms with Crippen LogP contribution < -0.4 is 0 Å². The summed E-state index contributed by atoms with van der Waals surface area (Å²) in [5.41, 5.74) is -0.830. The van der Waals surface area contributed by atoms with E-state index < -0.39 is 11.4 Å². The number of carboxylic acid groups (broad SMARTS) is 1. The highest BCUT2D eigenvalue weighted by atomic mass is 16.4. The summed E-state index contributed by atoms with van der Waals surface area (Å²) in [5.74, 6) is -0.196. The van der Waals surface area contributed by atoms with Crippen molar-refractivity contribution < 1.29 is 19.8 Å². The first-order valence-electron chi connectivity index (χ1n) is 7.86. The fourth-order valence-electron chi connectivity index (χ4n) is 4.17. The molecule has 118 valence electrons. The van der Waals surface area contributed by atoms with E-state index >= 15 is 0 Å². The molecule has 4 atom stereocenters. The molecule has 0 aromatic rings. The number of amides is 2. The molecule has 2 aliphatic heterocycles. The lowest BCUT2D eigenvalue weighted by Crippen LogP contribution is -2.52. The van der Waals surface area contributed by atoms with E-state index in [-0.39, 0.29) is 24.6 Å². The van der Waals surface area contributed by atoms with Crippen LogP contribution in [0.5, 0.6) is 0 Å². The third-order valence-electron chi connectivity index (χ3n) is 5.57. The van der Waals surface area contributed by atoms with Crippen molar-refractivity contribution in [1.82, 2.24) is 9.80 Å². The van der Waals surface area contributed by atoms with Crippen LogP contribution in [0.4, 0.5) is 4.79 Å². The van der Waals surface area contributed by atoms with E-state index in [1.165, 1.54) is 0 Å². The van der Waals surface area contributed by atoms with Crippen molar-refractivity contribution in [2.45, 2.75) is 38.7 Å². The van der Waals surface area contributed by atoms with Crippen LogP contribution in [-0.2, 0) is 4.79 Å². The second kappa shape index (κ2) is 5.16. The summed E-state index contributed by atoms with van der Waals surface area (Å²) in [5, 5.41) is 19.3. The topological polar surface area (TPSA) is 81.1 Å². The molecular weight excluding hydrogens is 272 g/mol. The minimum atomic E-state index is -0.830. The Bertz CT molecular complexity index is 455. The Kier molecular flexibility index (Phi) is 3.59. The van der Waals surface area contributed by atoms with Gasteiger partial charge < -0.3 is 20.0 Å². The number of urea groups is 1. The van der Waals surface area contributed by atoms with Crippen molar-refractivity contribution in [1.29, 1.82) is 0 Å². The van der Waals surface area contributed by atoms with Gasteiger partial charge in [-0.05, 0) is 38.5 Å². The van der Waals surface area contributed by atoms with Gasteiger partial charge in [0.05, 0.1) is 11.5 Å². The summed E-state index contributed by atoms with van der Waals surface area (Å²) in [6.07, 6.45) is 2.91. The van der Waals surface area contributed by atoms with Crippen LogP contribution in [0.15, 0.2) is 0 Å². The highest BCUT2D eigenvalue weighted by Gasteiger charge is 2.46. The van der Waals surface area contributed by atoms with Gasteiger partial charge in [-0.1, -0.05) is 0 Å². The van der Waals surface area contributed by atoms with Gasteiger partial charge in [-0.25, -0.2) is 4.79 Å². The van der Waals surface area contributed by atoms with E-state index in [0.717, 1.165) is 19.3 Å². The molecule has 6 heteroatoms. The zero-order valence-corrected chi connectivity index (χ0v) is 12.5. The predicted molar refractivity (Wildman–Crippen MR) is 75.7 cm³/mol. The molecule has 2 saturated heterocycles. The van der Waals surface area contributed by atoms with Gasteiger partial charge in [-0.2, -0.15) is 0 Å². The van der Waals surface area contributed by atoms with E-state index in [1.807, 2.05) is 4.90 Å². The van der Waals surface area contributed by atoms with Crippen molar-refractivity contribution in [3.8, 4) is 0 Å². The quantitative estimate of drug-likeness (QED) is 0.756. The van der Waals surface area contributed by atoms with Crippen LogP contribution in [0.2, 0.25) is 0 Å². The number of carboxylic acids is 1. The van der Waals surface area contributed by atoms with Crippen LogP contribution in [0, 0.1) is 17.3 Å². The maximum atomic E-state index is 12.6. The van der Waals surface area contributed by atoms with Gasteiger partial charge in [0.1, 0.15) is 0 Å². The third-order valence-corrected chi connectivity index (χ3v) is 5.57. The number of aliphatic carboxylic acids is 1. The molecule has 1 aliphatic carbocycles. The average molecular weight is 296 g/mol. The van der Waals surface area contributed by atoms with Gasteiger partial charge in [0.2, 0.25) is 0 Å². The first-order valence-corrected chi connectivity index (χ1v) is 7.86. The number of aliphatic hydroxyl groups excluding tert-OH is 1. The van der Waals surface area contributed by atoms with Gasteiger partial charge in [0.15, 0.2) is 0 Å². The standard InChI is InChI=1S/C15H24N2O4/c1-15(13(19)20)5-2-6-16(9-15)14(21)17-7-10-3-4-12(18)11(10)8-17/h10-12,18H,2-9H2,1H3,(H,19,20). The Morgan fingerprint density at radius 1 is 1.19 bits per heavy atom. The molecule has 6 nitrogen and oxygen atoms in total. The first kappa shape index (κ1) is 14.6. The second-order valence-electron chi connectivity index (χ2n) is 7.15. The summed E-state index contributed by atoms with van der Waals surface area (Å²) >= 11 is 0. The molecule has 3 aliphatic rings. The van der Waals surface area contributed by atoms with E-state index in [1.54, 1.807) is 11.8 Å². The number of rotatable bonds is 1. The Hall–Kier alpha value is -1.30. The Labute approximate surface area is 124 Å². The van der Waals surface area contributed by atoms with Crippen molar-refractivity contribution in [3.05, 3.63) is 0 Å². The second-order valence-corrected chi connectivity index (χ2v) is 7.15. The van der Waals surface area contributed by atoms with Crippen molar-refractivity contribution >= 4 is 12.0 Å². The summed E-state index contributed by atoms with van der Waals surface area (Å²) in [7, 11) is 0. The van der Waals surface area contributed by atoms with Crippen molar-refractivity contribution in [2.75, 3.05) is 26.2 Å².